The highest BCUT2D eigenvalue weighted by molar-refractivity contribution is 7.17. The molecule has 0 atom stereocenters. The van der Waals surface area contributed by atoms with Gasteiger partial charge in [0.15, 0.2) is 5.78 Å². The van der Waals surface area contributed by atoms with Crippen LogP contribution in [-0.2, 0) is 16.0 Å². The lowest BCUT2D eigenvalue weighted by Crippen LogP contribution is -2.10. The first-order valence-electron chi connectivity index (χ1n) is 5.36. The highest BCUT2D eigenvalue weighted by atomic mass is 32.1. The summed E-state index contributed by atoms with van der Waals surface area (Å²) < 4.78 is 6.35. The zero-order chi connectivity index (χ0) is 11.4. The molecule has 0 fully saturated rings. The summed E-state index contributed by atoms with van der Waals surface area (Å²) >= 11 is 1.69. The molecule has 0 unspecified atom stereocenters. The van der Waals surface area contributed by atoms with Crippen molar-refractivity contribution < 1.29 is 9.53 Å². The molecule has 1 aromatic carbocycles. The van der Waals surface area contributed by atoms with E-state index in [9.17, 15) is 4.79 Å². The van der Waals surface area contributed by atoms with E-state index < -0.39 is 0 Å². The minimum atomic E-state index is 0.144. The van der Waals surface area contributed by atoms with E-state index in [1.165, 1.54) is 10.1 Å². The van der Waals surface area contributed by atoms with Gasteiger partial charge in [0.2, 0.25) is 0 Å². The number of benzene rings is 1. The number of carbonyl (C=O) groups is 1. The van der Waals surface area contributed by atoms with Gasteiger partial charge in [0.05, 0.1) is 0 Å². The maximum absolute atomic E-state index is 11.6. The van der Waals surface area contributed by atoms with Gasteiger partial charge in [0, 0.05) is 17.7 Å². The van der Waals surface area contributed by atoms with Crippen molar-refractivity contribution in [1.29, 1.82) is 0 Å². The molecule has 0 aliphatic rings. The molecule has 0 N–H and O–H groups in total. The summed E-state index contributed by atoms with van der Waals surface area (Å²) in [6.07, 6.45) is 0.476. The second-order valence-electron chi connectivity index (χ2n) is 3.61. The Morgan fingerprint density at radius 3 is 3.00 bits per heavy atom. The number of hydrogen-bond donors (Lipinski definition) is 0. The first-order chi connectivity index (χ1) is 7.81. The second-order valence-corrected chi connectivity index (χ2v) is 4.52. The molecule has 0 spiro atoms. The quantitative estimate of drug-likeness (QED) is 0.794. The Labute approximate surface area is 98.9 Å². The standard InChI is InChI=1S/C13H14O2S/c1-2-15-8-11(14)7-10-9-16-13-6-4-3-5-12(10)13/h3-6,9H,2,7-8H2,1H3. The molecule has 0 aliphatic carbocycles. The number of ether oxygens (including phenoxy) is 1. The van der Waals surface area contributed by atoms with Crippen molar-refractivity contribution in [2.24, 2.45) is 0 Å². The van der Waals surface area contributed by atoms with Crippen LogP contribution in [0.25, 0.3) is 10.1 Å². The topological polar surface area (TPSA) is 26.3 Å². The number of rotatable bonds is 5. The molecule has 2 aromatic rings. The molecular weight excluding hydrogens is 220 g/mol. The van der Waals surface area contributed by atoms with Crippen LogP contribution in [0, 0.1) is 0 Å². The normalized spacial score (nSPS) is 10.8. The molecule has 0 saturated heterocycles. The van der Waals surface area contributed by atoms with Gasteiger partial charge in [-0.3, -0.25) is 4.79 Å². The van der Waals surface area contributed by atoms with Crippen LogP contribution in [0.15, 0.2) is 29.6 Å². The lowest BCUT2D eigenvalue weighted by atomic mass is 10.1. The molecule has 2 nitrogen and oxygen atoms in total. The van der Waals surface area contributed by atoms with Crippen LogP contribution < -0.4 is 0 Å². The molecule has 0 saturated carbocycles. The van der Waals surface area contributed by atoms with E-state index >= 15 is 0 Å². The molecule has 3 heteroatoms. The first-order valence-corrected chi connectivity index (χ1v) is 6.23. The third-order valence-electron chi connectivity index (χ3n) is 2.42. The molecular formula is C13H14O2S. The van der Waals surface area contributed by atoms with Crippen LogP contribution in [0.5, 0.6) is 0 Å². The first kappa shape index (κ1) is 11.3. The Bertz CT molecular complexity index is 487. The van der Waals surface area contributed by atoms with E-state index in [-0.39, 0.29) is 12.4 Å². The number of ketones is 1. The van der Waals surface area contributed by atoms with Crippen LogP contribution in [0.2, 0.25) is 0 Å². The highest BCUT2D eigenvalue weighted by Gasteiger charge is 2.08. The van der Waals surface area contributed by atoms with Gasteiger partial charge in [-0.15, -0.1) is 11.3 Å². The Morgan fingerprint density at radius 2 is 2.19 bits per heavy atom. The van der Waals surface area contributed by atoms with Crippen molar-refractivity contribution in [3.05, 3.63) is 35.2 Å². The Morgan fingerprint density at radius 1 is 1.38 bits per heavy atom. The highest BCUT2D eigenvalue weighted by Crippen LogP contribution is 2.25. The molecule has 0 bridgehead atoms. The zero-order valence-corrected chi connectivity index (χ0v) is 10.0. The average Bonchev–Trinajstić information content (AvgIpc) is 2.70. The van der Waals surface area contributed by atoms with Gasteiger partial charge in [-0.2, -0.15) is 0 Å². The molecule has 0 amide bonds. The third-order valence-corrected chi connectivity index (χ3v) is 3.43. The summed E-state index contributed by atoms with van der Waals surface area (Å²) in [6.45, 7) is 2.71. The van der Waals surface area contributed by atoms with E-state index in [0.717, 1.165) is 5.56 Å². The number of carbonyl (C=O) groups excluding carboxylic acids is 1. The maximum atomic E-state index is 11.6. The Kier molecular flexibility index (Phi) is 3.70. The number of fused-ring (bicyclic) bond motifs is 1. The lowest BCUT2D eigenvalue weighted by molar-refractivity contribution is -0.122. The van der Waals surface area contributed by atoms with Gasteiger partial charge in [0.25, 0.3) is 0 Å². The van der Waals surface area contributed by atoms with Crippen molar-refractivity contribution in [2.45, 2.75) is 13.3 Å². The van der Waals surface area contributed by atoms with Crippen molar-refractivity contribution in [3.63, 3.8) is 0 Å². The van der Waals surface area contributed by atoms with Crippen LogP contribution in [0.1, 0.15) is 12.5 Å². The molecule has 0 aliphatic heterocycles. The van der Waals surface area contributed by atoms with Crippen molar-refractivity contribution >= 4 is 27.2 Å². The van der Waals surface area contributed by atoms with Crippen LogP contribution in [-0.4, -0.2) is 19.0 Å². The SMILES string of the molecule is CCOCC(=O)Cc1csc2ccccc12. The molecule has 0 radical (unpaired) electrons. The van der Waals surface area contributed by atoms with Crippen molar-refractivity contribution in [1.82, 2.24) is 0 Å². The van der Waals surface area contributed by atoms with Gasteiger partial charge in [-0.05, 0) is 29.3 Å². The predicted octanol–water partition coefficient (Wildman–Crippen LogP) is 3.05. The van der Waals surface area contributed by atoms with E-state index in [1.54, 1.807) is 11.3 Å². The zero-order valence-electron chi connectivity index (χ0n) is 9.23. The van der Waals surface area contributed by atoms with E-state index in [0.29, 0.717) is 13.0 Å². The molecule has 1 heterocycles. The van der Waals surface area contributed by atoms with E-state index in [1.807, 2.05) is 19.1 Å². The number of Topliss-reactive ketones (excluding diaryl/α,β-unsaturated/α-hetero) is 1. The van der Waals surface area contributed by atoms with Crippen LogP contribution >= 0.6 is 11.3 Å². The number of hydrogen-bond acceptors (Lipinski definition) is 3. The van der Waals surface area contributed by atoms with Crippen LogP contribution in [0.3, 0.4) is 0 Å². The van der Waals surface area contributed by atoms with E-state index in [4.69, 9.17) is 4.74 Å². The summed E-state index contributed by atoms with van der Waals surface area (Å²) in [4.78, 5) is 11.6. The minimum absolute atomic E-state index is 0.144. The van der Waals surface area contributed by atoms with Gasteiger partial charge in [-0.1, -0.05) is 18.2 Å². The molecule has 1 aromatic heterocycles. The summed E-state index contributed by atoms with van der Waals surface area (Å²) in [5, 5.41) is 3.26. The van der Waals surface area contributed by atoms with Crippen molar-refractivity contribution in [3.8, 4) is 0 Å². The van der Waals surface area contributed by atoms with Crippen molar-refractivity contribution in [2.75, 3.05) is 13.2 Å². The summed E-state index contributed by atoms with van der Waals surface area (Å²) in [7, 11) is 0. The maximum Gasteiger partial charge on any atom is 0.162 e. The monoisotopic (exact) mass is 234 g/mol. The molecule has 2 rings (SSSR count). The van der Waals surface area contributed by atoms with Gasteiger partial charge < -0.3 is 4.74 Å². The number of thiophene rings is 1. The van der Waals surface area contributed by atoms with Gasteiger partial charge >= 0.3 is 0 Å². The smallest absolute Gasteiger partial charge is 0.162 e. The minimum Gasteiger partial charge on any atom is -0.374 e. The van der Waals surface area contributed by atoms with Crippen LogP contribution in [0.4, 0.5) is 0 Å². The Balaban J connectivity index is 2.12. The van der Waals surface area contributed by atoms with Gasteiger partial charge in [-0.25, -0.2) is 0 Å². The second kappa shape index (κ2) is 5.23. The predicted molar refractivity (Wildman–Crippen MR) is 67.0 cm³/mol. The lowest BCUT2D eigenvalue weighted by Gasteiger charge is -2.00. The largest absolute Gasteiger partial charge is 0.374 e. The summed E-state index contributed by atoms with van der Waals surface area (Å²) in [6, 6.07) is 8.17. The Hall–Kier alpha value is -1.19. The summed E-state index contributed by atoms with van der Waals surface area (Å²) in [5.74, 6) is 0.144. The molecule has 16 heavy (non-hydrogen) atoms. The van der Waals surface area contributed by atoms with Gasteiger partial charge in [0.1, 0.15) is 6.61 Å². The fourth-order valence-corrected chi connectivity index (χ4v) is 2.61. The molecule has 84 valence electrons. The fourth-order valence-electron chi connectivity index (χ4n) is 1.65. The van der Waals surface area contributed by atoms with E-state index in [2.05, 4.69) is 17.5 Å². The fraction of sp³-hybridized carbons (Fsp3) is 0.308. The summed E-state index contributed by atoms with van der Waals surface area (Å²) in [5.41, 5.74) is 1.12. The third kappa shape index (κ3) is 2.49. The average molecular weight is 234 g/mol.